The summed E-state index contributed by atoms with van der Waals surface area (Å²) < 4.78 is 0. The maximum atomic E-state index is 11.7. The van der Waals surface area contributed by atoms with Crippen molar-refractivity contribution in [3.05, 3.63) is 29.8 Å². The van der Waals surface area contributed by atoms with Crippen LogP contribution in [0.15, 0.2) is 24.3 Å². The molecule has 100 valence electrons. The number of amides is 1. The lowest BCUT2D eigenvalue weighted by atomic mass is 10.1. The number of likely N-dealkylation sites (N-methyl/N-ethyl adjacent to an activating group) is 1. The fraction of sp³-hybridized carbons (Fsp3) is 0.500. The lowest BCUT2D eigenvalue weighted by molar-refractivity contribution is -0.125. The normalized spacial score (nSPS) is 12.4. The molecule has 4 heteroatoms. The van der Waals surface area contributed by atoms with Crippen molar-refractivity contribution in [3.8, 4) is 0 Å². The number of hydrogen-bond acceptors (Lipinski definition) is 3. The Hall–Kier alpha value is -1.55. The van der Waals surface area contributed by atoms with E-state index < -0.39 is 0 Å². The van der Waals surface area contributed by atoms with E-state index in [1.54, 1.807) is 7.05 Å². The van der Waals surface area contributed by atoms with Crippen molar-refractivity contribution in [1.29, 1.82) is 0 Å². The highest BCUT2D eigenvalue weighted by Gasteiger charge is 2.19. The summed E-state index contributed by atoms with van der Waals surface area (Å²) in [5.41, 5.74) is 7.61. The molecule has 0 saturated heterocycles. The highest BCUT2D eigenvalue weighted by Crippen LogP contribution is 2.11. The van der Waals surface area contributed by atoms with Gasteiger partial charge < -0.3 is 11.1 Å². The van der Waals surface area contributed by atoms with Crippen LogP contribution in [-0.4, -0.2) is 30.4 Å². The Balaban J connectivity index is 2.73. The molecule has 1 atom stereocenters. The van der Waals surface area contributed by atoms with Crippen molar-refractivity contribution in [2.75, 3.05) is 19.3 Å². The first-order valence-corrected chi connectivity index (χ1v) is 6.38. The summed E-state index contributed by atoms with van der Waals surface area (Å²) in [7, 11) is 1.67. The molecule has 1 aromatic rings. The molecule has 0 aromatic heterocycles. The molecule has 0 spiro atoms. The zero-order chi connectivity index (χ0) is 13.5. The van der Waals surface area contributed by atoms with Crippen LogP contribution in [0.2, 0.25) is 0 Å². The molecule has 0 heterocycles. The quantitative estimate of drug-likeness (QED) is 0.753. The van der Waals surface area contributed by atoms with Gasteiger partial charge in [-0.15, -0.1) is 0 Å². The van der Waals surface area contributed by atoms with Gasteiger partial charge >= 0.3 is 0 Å². The molecule has 18 heavy (non-hydrogen) atoms. The van der Waals surface area contributed by atoms with Crippen molar-refractivity contribution in [2.24, 2.45) is 0 Å². The van der Waals surface area contributed by atoms with E-state index in [1.165, 1.54) is 5.56 Å². The predicted octanol–water partition coefficient (Wildman–Crippen LogP) is 1.62. The second kappa shape index (κ2) is 7.01. The van der Waals surface area contributed by atoms with Gasteiger partial charge in [-0.1, -0.05) is 19.1 Å². The lowest BCUT2D eigenvalue weighted by Gasteiger charge is -2.27. The summed E-state index contributed by atoms with van der Waals surface area (Å²) in [4.78, 5) is 13.9. The molecule has 0 aliphatic carbocycles. The number of carbonyl (C=O) groups excluding carboxylic acids is 1. The van der Waals surface area contributed by atoms with Gasteiger partial charge in [0.15, 0.2) is 0 Å². The molecule has 1 rings (SSSR count). The van der Waals surface area contributed by atoms with Gasteiger partial charge in [-0.3, -0.25) is 9.69 Å². The van der Waals surface area contributed by atoms with Crippen LogP contribution in [0.1, 0.15) is 25.8 Å². The number of nitrogens with one attached hydrogen (secondary N) is 1. The first kappa shape index (κ1) is 14.5. The second-order valence-electron chi connectivity index (χ2n) is 4.50. The Kier molecular flexibility index (Phi) is 5.65. The molecule has 0 radical (unpaired) electrons. The average molecular weight is 249 g/mol. The number of nitrogens with two attached hydrogens (primary N) is 1. The largest absolute Gasteiger partial charge is 0.399 e. The Bertz CT molecular complexity index is 375. The van der Waals surface area contributed by atoms with Crippen LogP contribution < -0.4 is 11.1 Å². The monoisotopic (exact) mass is 249 g/mol. The highest BCUT2D eigenvalue weighted by molar-refractivity contribution is 5.80. The third-order valence-corrected chi connectivity index (χ3v) is 3.05. The fourth-order valence-corrected chi connectivity index (χ4v) is 1.93. The summed E-state index contributed by atoms with van der Waals surface area (Å²) in [6.45, 7) is 5.72. The molecule has 1 amide bonds. The minimum Gasteiger partial charge on any atom is -0.399 e. The van der Waals surface area contributed by atoms with Gasteiger partial charge in [0.05, 0.1) is 6.04 Å². The van der Waals surface area contributed by atoms with Gasteiger partial charge in [-0.25, -0.2) is 0 Å². The molecule has 4 nitrogen and oxygen atoms in total. The zero-order valence-electron chi connectivity index (χ0n) is 11.4. The maximum Gasteiger partial charge on any atom is 0.236 e. The Morgan fingerprint density at radius 1 is 1.39 bits per heavy atom. The van der Waals surface area contributed by atoms with E-state index in [0.29, 0.717) is 0 Å². The smallest absolute Gasteiger partial charge is 0.236 e. The van der Waals surface area contributed by atoms with Crippen LogP contribution in [0.4, 0.5) is 5.69 Å². The SMILES string of the molecule is CCCN(Cc1ccc(N)cc1)C(C)C(=O)NC. The van der Waals surface area contributed by atoms with Crippen LogP contribution >= 0.6 is 0 Å². The minimum atomic E-state index is -0.118. The first-order chi connectivity index (χ1) is 8.58. The van der Waals surface area contributed by atoms with Gasteiger partial charge in [0.2, 0.25) is 5.91 Å². The lowest BCUT2D eigenvalue weighted by Crippen LogP contribution is -2.43. The van der Waals surface area contributed by atoms with E-state index >= 15 is 0 Å². The summed E-state index contributed by atoms with van der Waals surface area (Å²) in [6, 6.07) is 7.68. The summed E-state index contributed by atoms with van der Waals surface area (Å²) in [5, 5.41) is 2.70. The van der Waals surface area contributed by atoms with Gasteiger partial charge in [-0.2, -0.15) is 0 Å². The third-order valence-electron chi connectivity index (χ3n) is 3.05. The zero-order valence-corrected chi connectivity index (χ0v) is 11.4. The van der Waals surface area contributed by atoms with Crippen molar-refractivity contribution in [1.82, 2.24) is 10.2 Å². The topological polar surface area (TPSA) is 58.4 Å². The van der Waals surface area contributed by atoms with Crippen molar-refractivity contribution >= 4 is 11.6 Å². The van der Waals surface area contributed by atoms with E-state index in [1.807, 2.05) is 31.2 Å². The van der Waals surface area contributed by atoms with E-state index in [-0.39, 0.29) is 11.9 Å². The number of nitrogen functional groups attached to an aromatic ring is 1. The van der Waals surface area contributed by atoms with E-state index in [0.717, 1.165) is 25.2 Å². The number of nitrogens with zero attached hydrogens (tertiary/aromatic N) is 1. The second-order valence-corrected chi connectivity index (χ2v) is 4.50. The summed E-state index contributed by atoms with van der Waals surface area (Å²) in [5.74, 6) is 0.0545. The van der Waals surface area contributed by atoms with Gasteiger partial charge in [-0.05, 0) is 37.6 Å². The van der Waals surface area contributed by atoms with Crippen molar-refractivity contribution in [3.63, 3.8) is 0 Å². The van der Waals surface area contributed by atoms with Crippen LogP contribution in [0.5, 0.6) is 0 Å². The first-order valence-electron chi connectivity index (χ1n) is 6.38. The fourth-order valence-electron chi connectivity index (χ4n) is 1.93. The predicted molar refractivity (Wildman–Crippen MR) is 75.1 cm³/mol. The summed E-state index contributed by atoms with van der Waals surface area (Å²) in [6.07, 6.45) is 1.02. The van der Waals surface area contributed by atoms with Crippen molar-refractivity contribution < 1.29 is 4.79 Å². The molecule has 0 aliphatic rings. The Labute approximate surface area is 109 Å². The van der Waals surface area contributed by atoms with Crippen LogP contribution in [0.3, 0.4) is 0 Å². The third kappa shape index (κ3) is 4.04. The van der Waals surface area contributed by atoms with Crippen LogP contribution in [-0.2, 0) is 11.3 Å². The van der Waals surface area contributed by atoms with Gasteiger partial charge in [0.1, 0.15) is 0 Å². The molecule has 1 aromatic carbocycles. The number of anilines is 1. The summed E-state index contributed by atoms with van der Waals surface area (Å²) >= 11 is 0. The van der Waals surface area contributed by atoms with Crippen LogP contribution in [0.25, 0.3) is 0 Å². The molecule has 0 bridgehead atoms. The minimum absolute atomic E-state index is 0.0545. The highest BCUT2D eigenvalue weighted by atomic mass is 16.2. The Morgan fingerprint density at radius 2 is 2.00 bits per heavy atom. The van der Waals surface area contributed by atoms with E-state index in [9.17, 15) is 4.79 Å². The number of rotatable bonds is 6. The number of hydrogen-bond donors (Lipinski definition) is 2. The van der Waals surface area contributed by atoms with E-state index in [4.69, 9.17) is 5.73 Å². The van der Waals surface area contributed by atoms with Crippen LogP contribution in [0, 0.1) is 0 Å². The molecule has 3 N–H and O–H groups in total. The maximum absolute atomic E-state index is 11.7. The van der Waals surface area contributed by atoms with Gasteiger partial charge in [0, 0.05) is 19.3 Å². The molecular weight excluding hydrogens is 226 g/mol. The standard InChI is InChI=1S/C14H23N3O/c1-4-9-17(11(2)14(18)16-3)10-12-5-7-13(15)8-6-12/h5-8,11H,4,9-10,15H2,1-3H3,(H,16,18). The van der Waals surface area contributed by atoms with E-state index in [2.05, 4.69) is 17.1 Å². The van der Waals surface area contributed by atoms with Crippen molar-refractivity contribution in [2.45, 2.75) is 32.9 Å². The molecular formula is C14H23N3O. The number of carbonyl (C=O) groups is 1. The molecule has 0 fully saturated rings. The molecule has 0 saturated carbocycles. The average Bonchev–Trinajstić information content (AvgIpc) is 2.39. The van der Waals surface area contributed by atoms with Gasteiger partial charge in [0.25, 0.3) is 0 Å². The number of benzene rings is 1. The Morgan fingerprint density at radius 3 is 2.50 bits per heavy atom. The molecule has 0 aliphatic heterocycles. The molecule has 1 unspecified atom stereocenters.